The van der Waals surface area contributed by atoms with Gasteiger partial charge < -0.3 is 9.88 Å². The predicted octanol–water partition coefficient (Wildman–Crippen LogP) is 3.78. The first kappa shape index (κ1) is 15.4. The summed E-state index contributed by atoms with van der Waals surface area (Å²) in [7, 11) is 0. The molecule has 4 rings (SSSR count). The summed E-state index contributed by atoms with van der Waals surface area (Å²) in [6.45, 7) is 2.64. The molecular weight excluding hydrogens is 305 g/mol. The first-order valence-corrected chi connectivity index (χ1v) is 8.74. The molecule has 1 atom stereocenters. The Balaban J connectivity index is 1.59. The minimum atomic E-state index is -0.270. The highest BCUT2D eigenvalue weighted by molar-refractivity contribution is 5.80. The summed E-state index contributed by atoms with van der Waals surface area (Å²) >= 11 is 0. The van der Waals surface area contributed by atoms with Crippen LogP contribution in [-0.4, -0.2) is 33.4 Å². The van der Waals surface area contributed by atoms with Gasteiger partial charge in [0.1, 0.15) is 11.6 Å². The van der Waals surface area contributed by atoms with Gasteiger partial charge in [-0.3, -0.25) is 4.79 Å². The van der Waals surface area contributed by atoms with Crippen molar-refractivity contribution in [1.29, 1.82) is 0 Å². The van der Waals surface area contributed by atoms with E-state index in [2.05, 4.69) is 9.97 Å². The van der Waals surface area contributed by atoms with Crippen molar-refractivity contribution in [2.75, 3.05) is 6.54 Å². The van der Waals surface area contributed by atoms with Gasteiger partial charge in [0.15, 0.2) is 0 Å². The third-order valence-electron chi connectivity index (χ3n) is 5.34. The fourth-order valence-corrected chi connectivity index (χ4v) is 4.08. The van der Waals surface area contributed by atoms with E-state index in [1.807, 2.05) is 17.9 Å². The lowest BCUT2D eigenvalue weighted by atomic mass is 10.1. The number of H-pyrrole nitrogens is 1. The molecule has 2 aliphatic rings. The van der Waals surface area contributed by atoms with Crippen molar-refractivity contribution in [3.05, 3.63) is 41.6 Å². The number of halogens is 1. The van der Waals surface area contributed by atoms with E-state index >= 15 is 0 Å². The average molecular weight is 327 g/mol. The van der Waals surface area contributed by atoms with Crippen LogP contribution in [0.4, 0.5) is 4.39 Å². The zero-order valence-corrected chi connectivity index (χ0v) is 13.9. The summed E-state index contributed by atoms with van der Waals surface area (Å²) in [5, 5.41) is 0. The molecule has 0 radical (unpaired) electrons. The number of imidazole rings is 1. The lowest BCUT2D eigenvalue weighted by Crippen LogP contribution is -2.34. The highest BCUT2D eigenvalue weighted by atomic mass is 19.1. The standard InChI is InChI=1S/C19H22FN3O/c1-12-18(15-8-4-5-9-16(15)20)22-19(21-12)13-10-17(24)23(11-13)14-6-2-3-7-14/h4-5,8-9,13-14H,2-3,6-7,10-11H2,1H3,(H,21,22)/t13-/m0/s1. The van der Waals surface area contributed by atoms with Crippen LogP contribution in [0, 0.1) is 12.7 Å². The Kier molecular flexibility index (Phi) is 3.87. The van der Waals surface area contributed by atoms with E-state index in [0.717, 1.165) is 30.9 Å². The van der Waals surface area contributed by atoms with Crippen molar-refractivity contribution in [2.24, 2.45) is 0 Å². The van der Waals surface area contributed by atoms with Crippen LogP contribution in [0.5, 0.6) is 0 Å². The third kappa shape index (κ3) is 2.62. The maximum atomic E-state index is 14.1. The SMILES string of the molecule is Cc1[nH]c([C@H]2CC(=O)N(C3CCCC3)C2)nc1-c1ccccc1F. The quantitative estimate of drug-likeness (QED) is 0.932. The lowest BCUT2D eigenvalue weighted by molar-refractivity contribution is -0.129. The van der Waals surface area contributed by atoms with Crippen LogP contribution in [0.25, 0.3) is 11.3 Å². The summed E-state index contributed by atoms with van der Waals surface area (Å²) in [4.78, 5) is 22.4. The van der Waals surface area contributed by atoms with Gasteiger partial charge in [-0.25, -0.2) is 9.37 Å². The van der Waals surface area contributed by atoms with Crippen molar-refractivity contribution in [3.8, 4) is 11.3 Å². The molecule has 1 aromatic heterocycles. The van der Waals surface area contributed by atoms with Gasteiger partial charge in [0.2, 0.25) is 5.91 Å². The molecule has 2 heterocycles. The number of hydrogen-bond donors (Lipinski definition) is 1. The van der Waals surface area contributed by atoms with Crippen LogP contribution in [0.15, 0.2) is 24.3 Å². The number of aromatic amines is 1. The fourth-order valence-electron chi connectivity index (χ4n) is 4.08. The van der Waals surface area contributed by atoms with E-state index in [1.54, 1.807) is 12.1 Å². The highest BCUT2D eigenvalue weighted by Gasteiger charge is 2.37. The van der Waals surface area contributed by atoms with Crippen LogP contribution < -0.4 is 0 Å². The Morgan fingerprint density at radius 1 is 1.25 bits per heavy atom. The molecule has 24 heavy (non-hydrogen) atoms. The number of nitrogens with zero attached hydrogens (tertiary/aromatic N) is 2. The number of likely N-dealkylation sites (tertiary alicyclic amines) is 1. The molecule has 1 amide bonds. The van der Waals surface area contributed by atoms with Gasteiger partial charge in [-0.1, -0.05) is 25.0 Å². The molecule has 0 unspecified atom stereocenters. The summed E-state index contributed by atoms with van der Waals surface area (Å²) in [5.74, 6) is 0.846. The Labute approximate surface area is 141 Å². The van der Waals surface area contributed by atoms with Crippen LogP contribution in [0.3, 0.4) is 0 Å². The van der Waals surface area contributed by atoms with E-state index < -0.39 is 0 Å². The largest absolute Gasteiger partial charge is 0.345 e. The third-order valence-corrected chi connectivity index (χ3v) is 5.34. The molecule has 5 heteroatoms. The Bertz CT molecular complexity index is 764. The minimum Gasteiger partial charge on any atom is -0.345 e. The molecule has 0 bridgehead atoms. The number of amides is 1. The van der Waals surface area contributed by atoms with E-state index in [-0.39, 0.29) is 17.6 Å². The van der Waals surface area contributed by atoms with Crippen molar-refractivity contribution < 1.29 is 9.18 Å². The smallest absolute Gasteiger partial charge is 0.223 e. The van der Waals surface area contributed by atoms with Crippen molar-refractivity contribution in [2.45, 2.75) is 51.0 Å². The van der Waals surface area contributed by atoms with Crippen molar-refractivity contribution >= 4 is 5.91 Å². The topological polar surface area (TPSA) is 49.0 Å². The second kappa shape index (κ2) is 6.04. The monoisotopic (exact) mass is 327 g/mol. The van der Waals surface area contributed by atoms with Gasteiger partial charge in [0.05, 0.1) is 5.69 Å². The summed E-state index contributed by atoms with van der Waals surface area (Å²) in [6.07, 6.45) is 5.18. The predicted molar refractivity (Wildman–Crippen MR) is 90.0 cm³/mol. The average Bonchev–Trinajstić information content (AvgIpc) is 3.27. The van der Waals surface area contributed by atoms with E-state index in [9.17, 15) is 9.18 Å². The lowest BCUT2D eigenvalue weighted by Gasteiger charge is -2.23. The van der Waals surface area contributed by atoms with Gasteiger partial charge in [0, 0.05) is 36.2 Å². The molecule has 1 aliphatic heterocycles. The molecule has 1 saturated heterocycles. The minimum absolute atomic E-state index is 0.0809. The Morgan fingerprint density at radius 3 is 2.75 bits per heavy atom. The molecule has 4 nitrogen and oxygen atoms in total. The zero-order valence-electron chi connectivity index (χ0n) is 13.9. The van der Waals surface area contributed by atoms with E-state index in [0.29, 0.717) is 23.7 Å². The van der Waals surface area contributed by atoms with E-state index in [4.69, 9.17) is 0 Å². The number of rotatable bonds is 3. The molecule has 1 N–H and O–H groups in total. The number of benzene rings is 1. The van der Waals surface area contributed by atoms with Crippen LogP contribution in [-0.2, 0) is 4.79 Å². The Morgan fingerprint density at radius 2 is 2.00 bits per heavy atom. The summed E-state index contributed by atoms with van der Waals surface area (Å²) < 4.78 is 14.1. The summed E-state index contributed by atoms with van der Waals surface area (Å²) in [6, 6.07) is 7.09. The van der Waals surface area contributed by atoms with Gasteiger partial charge in [-0.05, 0) is 31.9 Å². The summed E-state index contributed by atoms with van der Waals surface area (Å²) in [5.41, 5.74) is 2.01. The first-order valence-electron chi connectivity index (χ1n) is 8.74. The molecular formula is C19H22FN3O. The number of aryl methyl sites for hydroxylation is 1. The first-order chi connectivity index (χ1) is 11.6. The Hall–Kier alpha value is -2.17. The van der Waals surface area contributed by atoms with Gasteiger partial charge >= 0.3 is 0 Å². The van der Waals surface area contributed by atoms with Gasteiger partial charge in [-0.2, -0.15) is 0 Å². The molecule has 0 spiro atoms. The van der Waals surface area contributed by atoms with Gasteiger partial charge in [-0.15, -0.1) is 0 Å². The van der Waals surface area contributed by atoms with Gasteiger partial charge in [0.25, 0.3) is 0 Å². The molecule has 2 aromatic rings. The molecule has 1 aromatic carbocycles. The van der Waals surface area contributed by atoms with Crippen molar-refractivity contribution in [1.82, 2.24) is 14.9 Å². The fraction of sp³-hybridized carbons (Fsp3) is 0.474. The van der Waals surface area contributed by atoms with E-state index in [1.165, 1.54) is 18.9 Å². The molecule has 126 valence electrons. The molecule has 2 fully saturated rings. The highest BCUT2D eigenvalue weighted by Crippen LogP contribution is 2.34. The molecule has 1 aliphatic carbocycles. The van der Waals surface area contributed by atoms with Crippen molar-refractivity contribution in [3.63, 3.8) is 0 Å². The van der Waals surface area contributed by atoms with Crippen LogP contribution in [0.2, 0.25) is 0 Å². The zero-order chi connectivity index (χ0) is 16.7. The second-order valence-corrected chi connectivity index (χ2v) is 6.96. The number of aromatic nitrogens is 2. The molecule has 1 saturated carbocycles. The number of nitrogens with one attached hydrogen (secondary N) is 1. The van der Waals surface area contributed by atoms with Crippen LogP contribution in [0.1, 0.15) is 49.5 Å². The maximum Gasteiger partial charge on any atom is 0.223 e. The second-order valence-electron chi connectivity index (χ2n) is 6.96. The number of carbonyl (C=O) groups excluding carboxylic acids is 1. The normalized spacial score (nSPS) is 21.8. The number of hydrogen-bond acceptors (Lipinski definition) is 2. The number of carbonyl (C=O) groups is 1. The van der Waals surface area contributed by atoms with Crippen LogP contribution >= 0.6 is 0 Å². The maximum absolute atomic E-state index is 14.1.